The number of aliphatic hydroxyl groups excluding tert-OH is 1. The lowest BCUT2D eigenvalue weighted by Gasteiger charge is -2.43. The standard InChI is InChI=1S/C17H25N3O3/c1-10-6-13(21)9-15(19-10)17(23)20-16(12-7-14(22)8-12)11-2-4-18-5-3-11/h6,9,11-12,14,16,18,22H,2-5,7-8H2,1H3,(H,19,21)(H,20,23)/t12?,14?,16-/m0/s1. The molecule has 1 aromatic rings. The van der Waals surface area contributed by atoms with Crippen LogP contribution in [0.15, 0.2) is 16.9 Å². The molecule has 1 aliphatic carbocycles. The number of nitrogens with one attached hydrogen (secondary N) is 3. The van der Waals surface area contributed by atoms with E-state index in [-0.39, 0.29) is 23.5 Å². The van der Waals surface area contributed by atoms with Gasteiger partial charge in [0, 0.05) is 23.9 Å². The van der Waals surface area contributed by atoms with Crippen molar-refractivity contribution >= 4 is 5.91 Å². The van der Waals surface area contributed by atoms with E-state index in [9.17, 15) is 14.7 Å². The second kappa shape index (κ2) is 6.84. The van der Waals surface area contributed by atoms with E-state index in [0.717, 1.165) is 38.8 Å². The van der Waals surface area contributed by atoms with E-state index in [1.54, 1.807) is 6.92 Å². The van der Waals surface area contributed by atoms with E-state index in [0.29, 0.717) is 23.2 Å². The average Bonchev–Trinajstić information content (AvgIpc) is 2.49. The summed E-state index contributed by atoms with van der Waals surface area (Å²) in [7, 11) is 0. The van der Waals surface area contributed by atoms with Crippen molar-refractivity contribution < 1.29 is 9.90 Å². The number of piperidine rings is 1. The largest absolute Gasteiger partial charge is 0.393 e. The third-order valence-corrected chi connectivity index (χ3v) is 5.07. The number of carbonyl (C=O) groups is 1. The van der Waals surface area contributed by atoms with Crippen molar-refractivity contribution in [3.05, 3.63) is 33.7 Å². The van der Waals surface area contributed by atoms with Crippen LogP contribution >= 0.6 is 0 Å². The first-order valence-electron chi connectivity index (χ1n) is 8.43. The maximum Gasteiger partial charge on any atom is 0.268 e. The van der Waals surface area contributed by atoms with Crippen LogP contribution in [0.25, 0.3) is 0 Å². The summed E-state index contributed by atoms with van der Waals surface area (Å²) >= 11 is 0. The van der Waals surface area contributed by atoms with Crippen LogP contribution < -0.4 is 16.1 Å². The van der Waals surface area contributed by atoms with Crippen molar-refractivity contribution in [1.82, 2.24) is 15.6 Å². The number of carbonyl (C=O) groups excluding carboxylic acids is 1. The van der Waals surface area contributed by atoms with E-state index in [1.807, 2.05) is 0 Å². The Kier molecular flexibility index (Phi) is 4.82. The first-order valence-corrected chi connectivity index (χ1v) is 8.43. The van der Waals surface area contributed by atoms with Gasteiger partial charge in [-0.1, -0.05) is 0 Å². The van der Waals surface area contributed by atoms with Crippen LogP contribution in [0.4, 0.5) is 0 Å². The summed E-state index contributed by atoms with van der Waals surface area (Å²) < 4.78 is 0. The van der Waals surface area contributed by atoms with Crippen molar-refractivity contribution in [1.29, 1.82) is 0 Å². The van der Waals surface area contributed by atoms with E-state index in [1.165, 1.54) is 12.1 Å². The molecule has 23 heavy (non-hydrogen) atoms. The van der Waals surface area contributed by atoms with Gasteiger partial charge in [-0.15, -0.1) is 0 Å². The number of aryl methyl sites for hydroxylation is 1. The van der Waals surface area contributed by atoms with Gasteiger partial charge in [-0.25, -0.2) is 0 Å². The number of aromatic amines is 1. The highest BCUT2D eigenvalue weighted by Gasteiger charge is 2.39. The Hall–Kier alpha value is -1.66. The Balaban J connectivity index is 1.74. The summed E-state index contributed by atoms with van der Waals surface area (Å²) in [5, 5.41) is 16.1. The molecule has 4 N–H and O–H groups in total. The molecule has 2 fully saturated rings. The van der Waals surface area contributed by atoms with Crippen LogP contribution in [0.2, 0.25) is 0 Å². The summed E-state index contributed by atoms with van der Waals surface area (Å²) in [6.07, 6.45) is 3.32. The lowest BCUT2D eigenvalue weighted by Crippen LogP contribution is -2.53. The summed E-state index contributed by atoms with van der Waals surface area (Å²) in [6.45, 7) is 3.70. The number of aromatic nitrogens is 1. The minimum Gasteiger partial charge on any atom is -0.393 e. The molecule has 1 amide bonds. The van der Waals surface area contributed by atoms with Crippen molar-refractivity contribution in [2.24, 2.45) is 11.8 Å². The van der Waals surface area contributed by atoms with Crippen LogP contribution in [0.1, 0.15) is 41.9 Å². The van der Waals surface area contributed by atoms with E-state index >= 15 is 0 Å². The predicted molar refractivity (Wildman–Crippen MR) is 87.4 cm³/mol. The molecule has 1 aliphatic heterocycles. The van der Waals surface area contributed by atoms with Crippen molar-refractivity contribution in [2.45, 2.75) is 44.8 Å². The normalized spacial score (nSPS) is 26.3. The number of hydrogen-bond donors (Lipinski definition) is 4. The number of rotatable bonds is 4. The van der Waals surface area contributed by atoms with Crippen LogP contribution in [-0.4, -0.2) is 41.2 Å². The molecular weight excluding hydrogens is 294 g/mol. The maximum absolute atomic E-state index is 12.6. The molecule has 1 atom stereocenters. The van der Waals surface area contributed by atoms with Crippen molar-refractivity contribution in [3.8, 4) is 0 Å². The molecule has 6 heteroatoms. The van der Waals surface area contributed by atoms with Crippen molar-refractivity contribution in [2.75, 3.05) is 13.1 Å². The van der Waals surface area contributed by atoms with Crippen molar-refractivity contribution in [3.63, 3.8) is 0 Å². The minimum atomic E-state index is -0.236. The van der Waals surface area contributed by atoms with Gasteiger partial charge in [-0.2, -0.15) is 0 Å². The second-order valence-corrected chi connectivity index (χ2v) is 6.88. The van der Waals surface area contributed by atoms with Gasteiger partial charge in [0.15, 0.2) is 5.43 Å². The zero-order chi connectivity index (χ0) is 16.4. The summed E-state index contributed by atoms with van der Waals surface area (Å²) in [4.78, 5) is 27.1. The molecule has 3 rings (SSSR count). The van der Waals surface area contributed by atoms with E-state index < -0.39 is 0 Å². The predicted octanol–water partition coefficient (Wildman–Crippen LogP) is 0.552. The van der Waals surface area contributed by atoms with Gasteiger partial charge in [-0.3, -0.25) is 9.59 Å². The molecule has 1 saturated carbocycles. The lowest BCUT2D eigenvalue weighted by molar-refractivity contribution is 0.00913. The molecule has 0 aromatic carbocycles. The molecule has 1 saturated heterocycles. The average molecular weight is 319 g/mol. The van der Waals surface area contributed by atoms with Gasteiger partial charge < -0.3 is 20.7 Å². The molecule has 2 heterocycles. The van der Waals surface area contributed by atoms with Gasteiger partial charge in [0.25, 0.3) is 5.91 Å². The highest BCUT2D eigenvalue weighted by molar-refractivity contribution is 5.92. The third-order valence-electron chi connectivity index (χ3n) is 5.07. The molecule has 1 aromatic heterocycles. The Labute approximate surface area is 135 Å². The quantitative estimate of drug-likeness (QED) is 0.652. The first kappa shape index (κ1) is 16.2. The van der Waals surface area contributed by atoms with E-state index in [2.05, 4.69) is 15.6 Å². The topological polar surface area (TPSA) is 94.2 Å². The fourth-order valence-corrected chi connectivity index (χ4v) is 3.78. The first-order chi connectivity index (χ1) is 11.0. The monoisotopic (exact) mass is 319 g/mol. The smallest absolute Gasteiger partial charge is 0.268 e. The number of hydrogen-bond acceptors (Lipinski definition) is 4. The number of pyridine rings is 1. The zero-order valence-corrected chi connectivity index (χ0v) is 13.5. The molecule has 0 radical (unpaired) electrons. The fraction of sp³-hybridized carbons (Fsp3) is 0.647. The highest BCUT2D eigenvalue weighted by atomic mass is 16.3. The van der Waals surface area contributed by atoms with Crippen LogP contribution in [0.3, 0.4) is 0 Å². The molecule has 2 aliphatic rings. The molecule has 6 nitrogen and oxygen atoms in total. The second-order valence-electron chi connectivity index (χ2n) is 6.88. The van der Waals surface area contributed by atoms with Gasteiger partial charge in [0.05, 0.1) is 6.10 Å². The highest BCUT2D eigenvalue weighted by Crippen LogP contribution is 2.35. The fourth-order valence-electron chi connectivity index (χ4n) is 3.78. The Morgan fingerprint density at radius 3 is 2.57 bits per heavy atom. The SMILES string of the molecule is Cc1cc(=O)cc(C(=O)N[C@@H](C2CCNCC2)C2CC(O)C2)[nH]1. The zero-order valence-electron chi connectivity index (χ0n) is 13.5. The molecule has 0 bridgehead atoms. The summed E-state index contributed by atoms with van der Waals surface area (Å²) in [5.41, 5.74) is 0.831. The maximum atomic E-state index is 12.6. The molecule has 126 valence electrons. The van der Waals surface area contributed by atoms with E-state index in [4.69, 9.17) is 0 Å². The van der Waals surface area contributed by atoms with Crippen LogP contribution in [0.5, 0.6) is 0 Å². The number of aliphatic hydroxyl groups is 1. The minimum absolute atomic E-state index is 0.0667. The van der Waals surface area contributed by atoms with Crippen LogP contribution in [0, 0.1) is 18.8 Å². The number of H-pyrrole nitrogens is 1. The van der Waals surface area contributed by atoms with Gasteiger partial charge in [0.1, 0.15) is 5.69 Å². The Morgan fingerprint density at radius 2 is 1.96 bits per heavy atom. The Bertz CT molecular complexity index is 616. The molecule has 0 spiro atoms. The lowest BCUT2D eigenvalue weighted by atomic mass is 9.71. The van der Waals surface area contributed by atoms with Crippen LogP contribution in [-0.2, 0) is 0 Å². The van der Waals surface area contributed by atoms with Gasteiger partial charge in [-0.05, 0) is 57.5 Å². The summed E-state index contributed by atoms with van der Waals surface area (Å²) in [6, 6.07) is 2.89. The van der Waals surface area contributed by atoms with Gasteiger partial charge in [0.2, 0.25) is 0 Å². The molecule has 0 unspecified atom stereocenters. The number of amides is 1. The summed E-state index contributed by atoms with van der Waals surface area (Å²) in [5.74, 6) is 0.526. The van der Waals surface area contributed by atoms with Gasteiger partial charge >= 0.3 is 0 Å². The third kappa shape index (κ3) is 3.82. The molecular formula is C17H25N3O3. The Morgan fingerprint density at radius 1 is 1.26 bits per heavy atom.